The predicted octanol–water partition coefficient (Wildman–Crippen LogP) is 4.30. The SMILES string of the molecule is O=C(CN(CCc1ccccc1)S(=O)(=O)c1ccc(Br)cc1)N/N=C\c1cc(Br)ccc1O. The van der Waals surface area contributed by atoms with Crippen LogP contribution < -0.4 is 5.43 Å². The molecular weight excluding hydrogens is 574 g/mol. The topological polar surface area (TPSA) is 99.1 Å². The Bertz CT molecular complexity index is 1230. The van der Waals surface area contributed by atoms with E-state index in [-0.39, 0.29) is 17.2 Å². The van der Waals surface area contributed by atoms with Gasteiger partial charge in [-0.1, -0.05) is 62.2 Å². The summed E-state index contributed by atoms with van der Waals surface area (Å²) in [5.41, 5.74) is 3.68. The second-order valence-corrected chi connectivity index (χ2v) is 10.8. The third-order valence-corrected chi connectivity index (χ3v) is 7.53. The zero-order chi connectivity index (χ0) is 23.8. The number of carbonyl (C=O) groups excluding carboxylic acids is 1. The summed E-state index contributed by atoms with van der Waals surface area (Å²) in [7, 11) is -3.92. The van der Waals surface area contributed by atoms with Gasteiger partial charge in [-0.25, -0.2) is 13.8 Å². The Hall–Kier alpha value is -2.53. The van der Waals surface area contributed by atoms with Crippen molar-refractivity contribution in [3.05, 3.63) is 92.9 Å². The van der Waals surface area contributed by atoms with E-state index in [0.717, 1.165) is 18.8 Å². The van der Waals surface area contributed by atoms with E-state index < -0.39 is 22.5 Å². The number of rotatable bonds is 9. The minimum Gasteiger partial charge on any atom is -0.507 e. The van der Waals surface area contributed by atoms with Crippen molar-refractivity contribution < 1.29 is 18.3 Å². The van der Waals surface area contributed by atoms with Gasteiger partial charge in [0.15, 0.2) is 0 Å². The fraction of sp³-hybridized carbons (Fsp3) is 0.130. The molecule has 0 spiro atoms. The van der Waals surface area contributed by atoms with Crippen LogP contribution in [0.15, 0.2) is 91.7 Å². The lowest BCUT2D eigenvalue weighted by molar-refractivity contribution is -0.121. The Morgan fingerprint density at radius 3 is 2.36 bits per heavy atom. The van der Waals surface area contributed by atoms with Crippen molar-refractivity contribution in [3.8, 4) is 5.75 Å². The third-order valence-electron chi connectivity index (χ3n) is 4.65. The van der Waals surface area contributed by atoms with E-state index in [1.54, 1.807) is 24.3 Å². The quantitative estimate of drug-likeness (QED) is 0.285. The highest BCUT2D eigenvalue weighted by molar-refractivity contribution is 9.10. The smallest absolute Gasteiger partial charge is 0.255 e. The highest BCUT2D eigenvalue weighted by Gasteiger charge is 2.26. The Morgan fingerprint density at radius 2 is 1.67 bits per heavy atom. The van der Waals surface area contributed by atoms with E-state index in [9.17, 15) is 18.3 Å². The van der Waals surface area contributed by atoms with Crippen LogP contribution in [0.5, 0.6) is 5.75 Å². The number of phenolic OH excluding ortho intramolecular Hbond substituents is 1. The molecular formula is C23H21Br2N3O4S. The van der Waals surface area contributed by atoms with Crippen molar-refractivity contribution >= 4 is 54.0 Å². The van der Waals surface area contributed by atoms with E-state index in [2.05, 4.69) is 42.4 Å². The molecule has 172 valence electrons. The van der Waals surface area contributed by atoms with E-state index in [1.165, 1.54) is 24.4 Å². The Labute approximate surface area is 209 Å². The van der Waals surface area contributed by atoms with Gasteiger partial charge in [-0.2, -0.15) is 9.41 Å². The van der Waals surface area contributed by atoms with Gasteiger partial charge in [-0.3, -0.25) is 4.79 Å². The summed E-state index contributed by atoms with van der Waals surface area (Å²) < 4.78 is 29.1. The monoisotopic (exact) mass is 593 g/mol. The second kappa shape index (κ2) is 11.6. The maximum atomic E-state index is 13.2. The average molecular weight is 595 g/mol. The van der Waals surface area contributed by atoms with Gasteiger partial charge in [0, 0.05) is 21.1 Å². The van der Waals surface area contributed by atoms with Crippen molar-refractivity contribution in [3.63, 3.8) is 0 Å². The van der Waals surface area contributed by atoms with Crippen LogP contribution in [0.4, 0.5) is 0 Å². The van der Waals surface area contributed by atoms with Crippen LogP contribution in [0, 0.1) is 0 Å². The molecule has 0 saturated heterocycles. The molecule has 0 aliphatic heterocycles. The van der Waals surface area contributed by atoms with Crippen molar-refractivity contribution in [1.29, 1.82) is 0 Å². The number of amides is 1. The predicted molar refractivity (Wildman–Crippen MR) is 135 cm³/mol. The maximum absolute atomic E-state index is 13.2. The number of aromatic hydroxyl groups is 1. The number of nitrogens with one attached hydrogen (secondary N) is 1. The summed E-state index contributed by atoms with van der Waals surface area (Å²) in [6.45, 7) is -0.293. The number of carbonyl (C=O) groups is 1. The second-order valence-electron chi connectivity index (χ2n) is 7.02. The number of nitrogens with zero attached hydrogens (tertiary/aromatic N) is 2. The van der Waals surface area contributed by atoms with Crippen LogP contribution in [0.3, 0.4) is 0 Å². The summed E-state index contributed by atoms with van der Waals surface area (Å²) in [5, 5.41) is 13.7. The molecule has 3 aromatic rings. The molecule has 0 heterocycles. The molecule has 2 N–H and O–H groups in total. The number of hydrogen-bond acceptors (Lipinski definition) is 5. The number of benzene rings is 3. The van der Waals surface area contributed by atoms with Gasteiger partial charge in [-0.15, -0.1) is 0 Å². The molecule has 0 aliphatic rings. The first-order valence-corrected chi connectivity index (χ1v) is 12.9. The maximum Gasteiger partial charge on any atom is 0.255 e. The van der Waals surface area contributed by atoms with Crippen LogP contribution in [0.2, 0.25) is 0 Å². The first-order chi connectivity index (χ1) is 15.8. The fourth-order valence-electron chi connectivity index (χ4n) is 2.94. The van der Waals surface area contributed by atoms with Gasteiger partial charge in [0.25, 0.3) is 5.91 Å². The van der Waals surface area contributed by atoms with Gasteiger partial charge in [0.1, 0.15) is 5.75 Å². The first-order valence-electron chi connectivity index (χ1n) is 9.86. The number of sulfonamides is 1. The normalized spacial score (nSPS) is 11.7. The molecule has 1 amide bonds. The summed E-state index contributed by atoms with van der Waals surface area (Å²) in [4.78, 5) is 12.6. The van der Waals surface area contributed by atoms with Gasteiger partial charge in [0.05, 0.1) is 17.7 Å². The molecule has 33 heavy (non-hydrogen) atoms. The molecule has 0 bridgehead atoms. The first kappa shape index (κ1) is 25.1. The van der Waals surface area contributed by atoms with Crippen molar-refractivity contribution in [2.45, 2.75) is 11.3 Å². The van der Waals surface area contributed by atoms with Crippen LogP contribution >= 0.6 is 31.9 Å². The van der Waals surface area contributed by atoms with Crippen molar-refractivity contribution in [2.75, 3.05) is 13.1 Å². The van der Waals surface area contributed by atoms with Crippen LogP contribution in [-0.4, -0.2) is 43.0 Å². The number of hydrogen-bond donors (Lipinski definition) is 2. The summed E-state index contributed by atoms with van der Waals surface area (Å²) >= 11 is 6.60. The van der Waals surface area contributed by atoms with Gasteiger partial charge < -0.3 is 5.11 Å². The van der Waals surface area contributed by atoms with Crippen LogP contribution in [0.1, 0.15) is 11.1 Å². The molecule has 0 aromatic heterocycles. The Balaban J connectivity index is 1.75. The molecule has 3 aromatic carbocycles. The van der Waals surface area contributed by atoms with Crippen LogP contribution in [0.25, 0.3) is 0 Å². The lowest BCUT2D eigenvalue weighted by Gasteiger charge is -2.21. The number of halogens is 2. The van der Waals surface area contributed by atoms with E-state index in [4.69, 9.17) is 0 Å². The zero-order valence-electron chi connectivity index (χ0n) is 17.4. The molecule has 0 radical (unpaired) electrons. The van der Waals surface area contributed by atoms with Gasteiger partial charge >= 0.3 is 0 Å². The standard InChI is InChI=1S/C23H21Br2N3O4S/c24-19-6-9-21(10-7-19)33(31,32)28(13-12-17-4-2-1-3-5-17)16-23(30)27-26-15-18-14-20(25)8-11-22(18)29/h1-11,14-15,29H,12-13,16H2,(H,27,30)/b26-15-. The molecule has 0 atom stereocenters. The van der Waals surface area contributed by atoms with Gasteiger partial charge in [0.2, 0.25) is 10.0 Å². The van der Waals surface area contributed by atoms with Gasteiger partial charge in [-0.05, 0) is 54.4 Å². The zero-order valence-corrected chi connectivity index (χ0v) is 21.3. The molecule has 3 rings (SSSR count). The van der Waals surface area contributed by atoms with E-state index in [0.29, 0.717) is 12.0 Å². The summed E-state index contributed by atoms with van der Waals surface area (Å²) in [5.74, 6) is -0.604. The minimum atomic E-state index is -3.92. The molecule has 0 unspecified atom stereocenters. The fourth-order valence-corrected chi connectivity index (χ4v) is 4.98. The average Bonchev–Trinajstić information content (AvgIpc) is 2.80. The Kier molecular flexibility index (Phi) is 8.79. The molecule has 7 nitrogen and oxygen atoms in total. The van der Waals surface area contributed by atoms with Crippen molar-refractivity contribution in [1.82, 2.24) is 9.73 Å². The molecule has 0 fully saturated rings. The summed E-state index contributed by atoms with van der Waals surface area (Å²) in [6.07, 6.45) is 1.73. The third kappa shape index (κ3) is 7.23. The van der Waals surface area contributed by atoms with E-state index >= 15 is 0 Å². The van der Waals surface area contributed by atoms with Crippen LogP contribution in [-0.2, 0) is 21.2 Å². The minimum absolute atomic E-state index is 0.00139. The van der Waals surface area contributed by atoms with E-state index in [1.807, 2.05) is 30.3 Å². The largest absolute Gasteiger partial charge is 0.507 e. The Morgan fingerprint density at radius 1 is 1.00 bits per heavy atom. The lowest BCUT2D eigenvalue weighted by Crippen LogP contribution is -2.40. The summed E-state index contributed by atoms with van der Waals surface area (Å²) in [6, 6.07) is 20.5. The molecule has 0 saturated carbocycles. The van der Waals surface area contributed by atoms with Crippen molar-refractivity contribution in [2.24, 2.45) is 5.10 Å². The highest BCUT2D eigenvalue weighted by atomic mass is 79.9. The molecule has 10 heteroatoms. The molecule has 0 aliphatic carbocycles. The number of phenols is 1. The lowest BCUT2D eigenvalue weighted by atomic mass is 10.1. The highest BCUT2D eigenvalue weighted by Crippen LogP contribution is 2.21. The number of hydrazone groups is 1.